The number of hydrogen-bond donors (Lipinski definition) is 4. The molecule has 0 bridgehead atoms. The lowest BCUT2D eigenvalue weighted by Crippen LogP contribution is -2.44. The molecular formula is C49H59N3O10S. The van der Waals surface area contributed by atoms with Crippen molar-refractivity contribution in [1.82, 2.24) is 10.6 Å². The van der Waals surface area contributed by atoms with E-state index in [0.717, 1.165) is 16.7 Å². The van der Waals surface area contributed by atoms with Crippen LogP contribution in [0.15, 0.2) is 115 Å². The Morgan fingerprint density at radius 3 is 1.60 bits per heavy atom. The molecule has 0 heterocycles. The lowest BCUT2D eigenvalue weighted by atomic mass is 9.84. The summed E-state index contributed by atoms with van der Waals surface area (Å²) in [6.45, 7) is 10.3. The second-order valence-corrected chi connectivity index (χ2v) is 18.4. The molecule has 0 aliphatic carbocycles. The minimum absolute atomic E-state index is 0.0800. The summed E-state index contributed by atoms with van der Waals surface area (Å²) in [5.74, 6) is -3.42. The molecule has 5 N–H and O–H groups in total. The maximum atomic E-state index is 14.2. The molecule has 4 aromatic carbocycles. The van der Waals surface area contributed by atoms with Gasteiger partial charge in [-0.2, -0.15) is 0 Å². The summed E-state index contributed by atoms with van der Waals surface area (Å²) in [5.41, 5.74) is 7.99. The van der Waals surface area contributed by atoms with Crippen LogP contribution in [-0.2, 0) is 39.8 Å². The highest BCUT2D eigenvalue weighted by molar-refractivity contribution is 8.00. The number of benzene rings is 4. The van der Waals surface area contributed by atoms with Crippen molar-refractivity contribution in [1.29, 1.82) is 0 Å². The number of nitrogens with two attached hydrogens (primary N) is 1. The number of carbonyl (C=O) groups is 6. The second kappa shape index (κ2) is 22.8. The number of aliphatic carboxylic acids is 1. The minimum Gasteiger partial charge on any atom is -0.480 e. The van der Waals surface area contributed by atoms with Crippen LogP contribution >= 0.6 is 11.8 Å². The first-order valence-electron chi connectivity index (χ1n) is 20.9. The molecule has 0 aliphatic rings. The number of thioether (sulfide) groups is 1. The zero-order valence-electron chi connectivity index (χ0n) is 36.8. The quantitative estimate of drug-likeness (QED) is 0.0356. The number of Topliss-reactive ketones (excluding diaryl/α,β-unsaturated/α-hetero) is 1. The largest absolute Gasteiger partial charge is 0.480 e. The second-order valence-electron chi connectivity index (χ2n) is 17.2. The van der Waals surface area contributed by atoms with Crippen LogP contribution in [0.3, 0.4) is 0 Å². The minimum atomic E-state index is -1.29. The van der Waals surface area contributed by atoms with Gasteiger partial charge in [-0.25, -0.2) is 14.4 Å². The van der Waals surface area contributed by atoms with E-state index in [1.807, 2.05) is 91.0 Å². The van der Waals surface area contributed by atoms with E-state index in [4.69, 9.17) is 19.9 Å². The Bertz CT molecular complexity index is 2040. The van der Waals surface area contributed by atoms with Crippen LogP contribution in [0.25, 0.3) is 0 Å². The van der Waals surface area contributed by atoms with Crippen molar-refractivity contribution in [2.45, 2.75) is 108 Å². The van der Waals surface area contributed by atoms with Gasteiger partial charge in [0.1, 0.15) is 23.0 Å². The molecule has 0 fully saturated rings. The molecule has 4 aromatic rings. The maximum Gasteiger partial charge on any atom is 0.413 e. The standard InChI is InChI=1S/C49H59N3O10S/c1-47(2,3)61-42(54)25-17-16-24-39(51-45(58)60-38-28-26-33(27-29-38)30-40(44(56)57)52-46(59)62-48(4,5)6)41(53)31-34(43(50)55)32-63-49(35-18-10-7-11-19-35,36-20-12-8-13-21-36)37-22-14-9-15-23-37/h7-15,18-23,26-29,34,39-40H,16-17,24-25,30-32H2,1-6H3,(H2,50,55)(H,51,58)(H,52,59)(H,56,57)/t34-,39-,40-/m0/s1. The smallest absolute Gasteiger partial charge is 0.413 e. The van der Waals surface area contributed by atoms with Gasteiger partial charge in [0.25, 0.3) is 0 Å². The first-order valence-corrected chi connectivity index (χ1v) is 21.9. The fourth-order valence-electron chi connectivity index (χ4n) is 6.80. The Labute approximate surface area is 373 Å². The Kier molecular flexibility index (Phi) is 17.9. The number of carboxylic acids is 1. The van der Waals surface area contributed by atoms with Crippen molar-refractivity contribution in [2.75, 3.05) is 5.75 Å². The van der Waals surface area contributed by atoms with Crippen molar-refractivity contribution in [3.63, 3.8) is 0 Å². The zero-order chi connectivity index (χ0) is 46.2. The number of ether oxygens (including phenoxy) is 3. The first-order chi connectivity index (χ1) is 29.8. The zero-order valence-corrected chi connectivity index (χ0v) is 37.6. The molecule has 0 spiro atoms. The number of esters is 1. The van der Waals surface area contributed by atoms with E-state index in [1.54, 1.807) is 53.7 Å². The van der Waals surface area contributed by atoms with Crippen LogP contribution < -0.4 is 21.1 Å². The summed E-state index contributed by atoms with van der Waals surface area (Å²) < 4.78 is 15.4. The van der Waals surface area contributed by atoms with Crippen LogP contribution in [0.2, 0.25) is 0 Å². The van der Waals surface area contributed by atoms with Gasteiger partial charge in [-0.1, -0.05) is 110 Å². The molecule has 0 saturated carbocycles. The number of unbranched alkanes of at least 4 members (excludes halogenated alkanes) is 1. The topological polar surface area (TPSA) is 200 Å². The van der Waals surface area contributed by atoms with Gasteiger partial charge in [-0.15, -0.1) is 11.8 Å². The molecule has 0 aliphatic heterocycles. The van der Waals surface area contributed by atoms with Crippen LogP contribution in [0.5, 0.6) is 5.75 Å². The maximum absolute atomic E-state index is 14.2. The molecule has 0 radical (unpaired) electrons. The van der Waals surface area contributed by atoms with Gasteiger partial charge in [0.2, 0.25) is 5.91 Å². The number of ketones is 1. The first kappa shape index (κ1) is 49.5. The molecule has 63 heavy (non-hydrogen) atoms. The summed E-state index contributed by atoms with van der Waals surface area (Å²) in [6, 6.07) is 33.4. The molecule has 14 heteroatoms. The van der Waals surface area contributed by atoms with E-state index < -0.39 is 63.8 Å². The van der Waals surface area contributed by atoms with Gasteiger partial charge >= 0.3 is 24.1 Å². The summed E-state index contributed by atoms with van der Waals surface area (Å²) in [4.78, 5) is 77.3. The Morgan fingerprint density at radius 2 is 1.14 bits per heavy atom. The van der Waals surface area contributed by atoms with Crippen LogP contribution in [0.1, 0.15) is 95.9 Å². The van der Waals surface area contributed by atoms with Crippen LogP contribution in [0, 0.1) is 5.92 Å². The highest BCUT2D eigenvalue weighted by atomic mass is 32.2. The van der Waals surface area contributed by atoms with Crippen LogP contribution in [0.4, 0.5) is 9.59 Å². The van der Waals surface area contributed by atoms with E-state index in [2.05, 4.69) is 10.6 Å². The van der Waals surface area contributed by atoms with Crippen LogP contribution in [-0.4, -0.2) is 70.0 Å². The Hall–Kier alpha value is -6.15. The Balaban J connectivity index is 1.52. The number of carboxylic acid groups (broad SMARTS) is 1. The number of alkyl carbamates (subject to hydrolysis) is 1. The molecule has 336 valence electrons. The van der Waals surface area contributed by atoms with E-state index >= 15 is 0 Å². The average Bonchev–Trinajstić information content (AvgIpc) is 3.21. The molecule has 0 unspecified atom stereocenters. The predicted octanol–water partition coefficient (Wildman–Crippen LogP) is 8.35. The molecule has 4 rings (SSSR count). The monoisotopic (exact) mass is 881 g/mol. The van der Waals surface area contributed by atoms with Gasteiger partial charge in [0, 0.05) is 25.0 Å². The number of rotatable bonds is 21. The average molecular weight is 882 g/mol. The SMILES string of the molecule is CC(C)(C)OC(=O)CCCC[C@H](NC(=O)Oc1ccc(C[C@H](NC(=O)OC(C)(C)C)C(=O)O)cc1)C(=O)C[C@@H](CSC(c1ccccc1)(c1ccccc1)c1ccccc1)C(N)=O. The summed E-state index contributed by atoms with van der Waals surface area (Å²) in [6.07, 6.45) is -1.19. The van der Waals surface area contributed by atoms with Gasteiger partial charge in [0.15, 0.2) is 5.78 Å². The molecule has 3 amide bonds. The molecule has 13 nitrogen and oxygen atoms in total. The number of primary amides is 1. The van der Waals surface area contributed by atoms with Gasteiger partial charge in [0.05, 0.1) is 16.7 Å². The third-order valence-corrected chi connectivity index (χ3v) is 11.4. The number of carbonyl (C=O) groups excluding carboxylic acids is 5. The van der Waals surface area contributed by atoms with Crippen molar-refractivity contribution in [3.05, 3.63) is 138 Å². The van der Waals surface area contributed by atoms with E-state index in [9.17, 15) is 33.9 Å². The Morgan fingerprint density at radius 1 is 0.651 bits per heavy atom. The summed E-state index contributed by atoms with van der Waals surface area (Å²) in [5, 5.41) is 14.7. The summed E-state index contributed by atoms with van der Waals surface area (Å²) in [7, 11) is 0. The lowest BCUT2D eigenvalue weighted by Gasteiger charge is -2.36. The lowest BCUT2D eigenvalue weighted by molar-refractivity contribution is -0.155. The highest BCUT2D eigenvalue weighted by Crippen LogP contribution is 2.49. The normalized spacial score (nSPS) is 13.1. The molecular weight excluding hydrogens is 823 g/mol. The van der Waals surface area contributed by atoms with Gasteiger partial charge < -0.3 is 35.7 Å². The van der Waals surface area contributed by atoms with E-state index in [0.29, 0.717) is 18.4 Å². The van der Waals surface area contributed by atoms with Crippen molar-refractivity contribution < 1.29 is 48.1 Å². The molecule has 0 aromatic heterocycles. The van der Waals surface area contributed by atoms with Gasteiger partial charge in [-0.05, 0) is 88.8 Å². The number of amides is 3. The van der Waals surface area contributed by atoms with E-state index in [1.165, 1.54) is 23.9 Å². The van der Waals surface area contributed by atoms with Gasteiger partial charge in [-0.3, -0.25) is 14.4 Å². The van der Waals surface area contributed by atoms with Crippen molar-refractivity contribution in [3.8, 4) is 5.75 Å². The molecule has 0 saturated heterocycles. The third-order valence-electron chi connectivity index (χ3n) is 9.68. The summed E-state index contributed by atoms with van der Waals surface area (Å²) >= 11 is 1.50. The number of nitrogens with one attached hydrogen (secondary N) is 2. The van der Waals surface area contributed by atoms with E-state index in [-0.39, 0.29) is 43.2 Å². The fourth-order valence-corrected chi connectivity index (χ4v) is 8.44. The molecule has 3 atom stereocenters. The fraction of sp³-hybridized carbons (Fsp3) is 0.388. The highest BCUT2D eigenvalue weighted by Gasteiger charge is 2.39. The third kappa shape index (κ3) is 15.9. The predicted molar refractivity (Wildman–Crippen MR) is 242 cm³/mol. The van der Waals surface area contributed by atoms with Crippen molar-refractivity contribution in [2.24, 2.45) is 11.7 Å². The number of hydrogen-bond acceptors (Lipinski definition) is 10. The van der Waals surface area contributed by atoms with Crippen molar-refractivity contribution >= 4 is 47.6 Å².